The molecule has 0 aromatic rings. The Morgan fingerprint density at radius 2 is 2.56 bits per heavy atom. The molecule has 1 rings (SSSR count). The molecule has 52 valence electrons. The fraction of sp³-hybridized carbons (Fsp3) is 0.800. The molecule has 9 heavy (non-hydrogen) atoms. The van der Waals surface area contributed by atoms with Gasteiger partial charge in [0.25, 0.3) is 0 Å². The third-order valence-corrected chi connectivity index (χ3v) is 1.26. The smallest absolute Gasteiger partial charge is 0.323 e. The molecule has 1 saturated heterocycles. The molecule has 0 amide bonds. The van der Waals surface area contributed by atoms with Crippen LogP contribution in [0.2, 0.25) is 0 Å². The summed E-state index contributed by atoms with van der Waals surface area (Å²) in [6, 6.07) is -0.501. The first-order valence-corrected chi connectivity index (χ1v) is 2.91. The lowest BCUT2D eigenvalue weighted by molar-refractivity contribution is -0.147. The van der Waals surface area contributed by atoms with Crippen LogP contribution in [0.15, 0.2) is 0 Å². The van der Waals surface area contributed by atoms with Crippen molar-refractivity contribution in [3.05, 3.63) is 0 Å². The second-order valence-electron chi connectivity index (χ2n) is 2.00. The van der Waals surface area contributed by atoms with Crippen molar-refractivity contribution in [1.29, 1.82) is 0 Å². The van der Waals surface area contributed by atoms with Gasteiger partial charge in [-0.05, 0) is 12.8 Å². The van der Waals surface area contributed by atoms with Gasteiger partial charge >= 0.3 is 5.97 Å². The Balaban J connectivity index is 2.31. The highest BCUT2D eigenvalue weighted by molar-refractivity contribution is 5.73. The highest BCUT2D eigenvalue weighted by Gasteiger charge is 2.19. The number of carboxylic acids is 1. The molecule has 0 aromatic heterocycles. The number of hydrogen-bond acceptors (Lipinski definition) is 3. The van der Waals surface area contributed by atoms with Gasteiger partial charge in [-0.25, -0.2) is 0 Å². The van der Waals surface area contributed by atoms with Gasteiger partial charge in [-0.15, -0.1) is 0 Å². The predicted octanol–water partition coefficient (Wildman–Crippen LogP) is -0.245. The lowest BCUT2D eigenvalue weighted by atomic mass is 10.1. The molecule has 1 aliphatic heterocycles. The van der Waals surface area contributed by atoms with Crippen molar-refractivity contribution in [3.8, 4) is 0 Å². The van der Waals surface area contributed by atoms with Crippen molar-refractivity contribution in [2.75, 3.05) is 6.61 Å². The maximum absolute atomic E-state index is 10.2. The average Bonchev–Trinajstić information content (AvgIpc) is 1.90. The fourth-order valence-electron chi connectivity index (χ4n) is 0.752. The van der Waals surface area contributed by atoms with E-state index >= 15 is 0 Å². The fourth-order valence-corrected chi connectivity index (χ4v) is 0.752. The van der Waals surface area contributed by atoms with E-state index in [4.69, 9.17) is 9.94 Å². The Morgan fingerprint density at radius 3 is 2.89 bits per heavy atom. The van der Waals surface area contributed by atoms with Crippen LogP contribution in [0.5, 0.6) is 0 Å². The van der Waals surface area contributed by atoms with Gasteiger partial charge in [0.2, 0.25) is 0 Å². The quantitative estimate of drug-likeness (QED) is 0.515. The summed E-state index contributed by atoms with van der Waals surface area (Å²) in [5.41, 5.74) is 2.42. The molecule has 0 spiro atoms. The lowest BCUT2D eigenvalue weighted by Crippen LogP contribution is -2.40. The van der Waals surface area contributed by atoms with E-state index in [1.807, 2.05) is 0 Å². The zero-order chi connectivity index (χ0) is 6.69. The SMILES string of the molecule is O=C(O)C1CCCON1. The Labute approximate surface area is 52.8 Å². The second kappa shape index (κ2) is 2.80. The highest BCUT2D eigenvalue weighted by atomic mass is 16.6. The minimum atomic E-state index is -0.838. The topological polar surface area (TPSA) is 58.6 Å². The number of aliphatic carboxylic acids is 1. The zero-order valence-corrected chi connectivity index (χ0v) is 4.96. The summed E-state index contributed by atoms with van der Waals surface area (Å²) in [7, 11) is 0. The molecule has 0 aliphatic carbocycles. The second-order valence-corrected chi connectivity index (χ2v) is 2.00. The van der Waals surface area contributed by atoms with E-state index in [0.29, 0.717) is 13.0 Å². The van der Waals surface area contributed by atoms with Crippen molar-refractivity contribution in [2.24, 2.45) is 0 Å². The maximum Gasteiger partial charge on any atom is 0.323 e. The third-order valence-electron chi connectivity index (χ3n) is 1.26. The Hall–Kier alpha value is -0.610. The zero-order valence-electron chi connectivity index (χ0n) is 4.96. The molecule has 1 heterocycles. The summed E-state index contributed by atoms with van der Waals surface area (Å²) < 4.78 is 0. The summed E-state index contributed by atoms with van der Waals surface area (Å²) in [5.74, 6) is -0.838. The number of carbonyl (C=O) groups is 1. The first kappa shape index (κ1) is 6.51. The van der Waals surface area contributed by atoms with Crippen molar-refractivity contribution >= 4 is 5.97 Å². The van der Waals surface area contributed by atoms with Crippen LogP contribution in [-0.2, 0) is 9.63 Å². The van der Waals surface area contributed by atoms with Gasteiger partial charge in [-0.1, -0.05) is 0 Å². The van der Waals surface area contributed by atoms with Gasteiger partial charge in [0.05, 0.1) is 6.61 Å². The molecule has 1 aliphatic rings. The molecule has 1 fully saturated rings. The monoisotopic (exact) mass is 131 g/mol. The maximum atomic E-state index is 10.2. The number of carboxylic acid groups (broad SMARTS) is 1. The number of hydrogen-bond donors (Lipinski definition) is 2. The van der Waals surface area contributed by atoms with Gasteiger partial charge in [0.15, 0.2) is 0 Å². The van der Waals surface area contributed by atoms with E-state index in [-0.39, 0.29) is 0 Å². The molecule has 1 unspecified atom stereocenters. The van der Waals surface area contributed by atoms with Crippen molar-refractivity contribution in [2.45, 2.75) is 18.9 Å². The van der Waals surface area contributed by atoms with Crippen LogP contribution in [0.25, 0.3) is 0 Å². The summed E-state index contributed by atoms with van der Waals surface area (Å²) in [4.78, 5) is 14.9. The van der Waals surface area contributed by atoms with Gasteiger partial charge < -0.3 is 9.94 Å². The van der Waals surface area contributed by atoms with Crippen LogP contribution in [0.4, 0.5) is 0 Å². The molecule has 1 atom stereocenters. The minimum absolute atomic E-state index is 0.501. The molecule has 4 heteroatoms. The largest absolute Gasteiger partial charge is 0.480 e. The highest BCUT2D eigenvalue weighted by Crippen LogP contribution is 2.02. The standard InChI is InChI=1S/C5H9NO3/c7-5(8)4-2-1-3-9-6-4/h4,6H,1-3H2,(H,7,8). The van der Waals surface area contributed by atoms with Gasteiger partial charge in [-0.3, -0.25) is 4.79 Å². The van der Waals surface area contributed by atoms with Gasteiger partial charge in [-0.2, -0.15) is 5.48 Å². The van der Waals surface area contributed by atoms with Crippen LogP contribution >= 0.6 is 0 Å². The predicted molar refractivity (Wildman–Crippen MR) is 29.7 cm³/mol. The first-order valence-electron chi connectivity index (χ1n) is 2.91. The Morgan fingerprint density at radius 1 is 1.78 bits per heavy atom. The van der Waals surface area contributed by atoms with Crippen LogP contribution < -0.4 is 5.48 Å². The number of hydroxylamine groups is 1. The Kier molecular flexibility index (Phi) is 2.02. The summed E-state index contributed by atoms with van der Waals surface area (Å²) in [6.45, 7) is 0.615. The van der Waals surface area contributed by atoms with Crippen LogP contribution in [-0.4, -0.2) is 23.7 Å². The van der Waals surface area contributed by atoms with Crippen LogP contribution in [0, 0.1) is 0 Å². The van der Waals surface area contributed by atoms with Crippen LogP contribution in [0.3, 0.4) is 0 Å². The van der Waals surface area contributed by atoms with Crippen molar-refractivity contribution in [1.82, 2.24) is 5.48 Å². The number of nitrogens with one attached hydrogen (secondary N) is 1. The molecule has 0 bridgehead atoms. The van der Waals surface area contributed by atoms with E-state index < -0.39 is 12.0 Å². The molecule has 0 aromatic carbocycles. The van der Waals surface area contributed by atoms with E-state index in [0.717, 1.165) is 6.42 Å². The number of rotatable bonds is 1. The van der Waals surface area contributed by atoms with Gasteiger partial charge in [0, 0.05) is 0 Å². The average molecular weight is 131 g/mol. The van der Waals surface area contributed by atoms with Gasteiger partial charge in [0.1, 0.15) is 6.04 Å². The third kappa shape index (κ3) is 1.65. The molecular weight excluding hydrogens is 122 g/mol. The van der Waals surface area contributed by atoms with E-state index in [9.17, 15) is 4.79 Å². The molecular formula is C5H9NO3. The Bertz CT molecular complexity index is 109. The summed E-state index contributed by atoms with van der Waals surface area (Å²) in [5, 5.41) is 8.40. The molecule has 4 nitrogen and oxygen atoms in total. The van der Waals surface area contributed by atoms with E-state index in [2.05, 4.69) is 5.48 Å². The molecule has 2 N–H and O–H groups in total. The van der Waals surface area contributed by atoms with Crippen LogP contribution in [0.1, 0.15) is 12.8 Å². The minimum Gasteiger partial charge on any atom is -0.480 e. The van der Waals surface area contributed by atoms with E-state index in [1.165, 1.54) is 0 Å². The van der Waals surface area contributed by atoms with Crippen molar-refractivity contribution < 1.29 is 14.7 Å². The molecule has 0 radical (unpaired) electrons. The first-order chi connectivity index (χ1) is 4.30. The lowest BCUT2D eigenvalue weighted by Gasteiger charge is -2.18. The van der Waals surface area contributed by atoms with E-state index in [1.54, 1.807) is 0 Å². The van der Waals surface area contributed by atoms with Crippen molar-refractivity contribution in [3.63, 3.8) is 0 Å². The summed E-state index contributed by atoms with van der Waals surface area (Å²) in [6.07, 6.45) is 1.49. The molecule has 0 saturated carbocycles. The normalized spacial score (nSPS) is 27.8. The summed E-state index contributed by atoms with van der Waals surface area (Å²) >= 11 is 0.